The van der Waals surface area contributed by atoms with Crippen LogP contribution in [0.3, 0.4) is 0 Å². The van der Waals surface area contributed by atoms with E-state index in [0.29, 0.717) is 26.1 Å². The SMILES string of the molecule is CC(C)(C)[C@H](c1nc(-c2ccccc2)cn1Cc1ccccc1)N1C[C@@H](CCN)OC1=O. The Bertz CT molecular complexity index is 1040. The zero-order chi connectivity index (χ0) is 22.7. The van der Waals surface area contributed by atoms with Crippen molar-refractivity contribution in [2.45, 2.75) is 45.9 Å². The van der Waals surface area contributed by atoms with Gasteiger partial charge in [0.25, 0.3) is 0 Å². The molecule has 1 aliphatic rings. The molecule has 0 spiro atoms. The fourth-order valence-corrected chi connectivity index (χ4v) is 4.39. The Hall–Kier alpha value is -3.12. The summed E-state index contributed by atoms with van der Waals surface area (Å²) in [5.74, 6) is 0.866. The van der Waals surface area contributed by atoms with Gasteiger partial charge in [-0.3, -0.25) is 4.90 Å². The molecule has 2 atom stereocenters. The van der Waals surface area contributed by atoms with Crippen LogP contribution in [0.4, 0.5) is 4.79 Å². The largest absolute Gasteiger partial charge is 0.444 e. The molecule has 0 radical (unpaired) electrons. The molecular formula is C26H32N4O2. The first-order valence-electron chi connectivity index (χ1n) is 11.2. The smallest absolute Gasteiger partial charge is 0.410 e. The molecule has 0 bridgehead atoms. The number of aromatic nitrogens is 2. The topological polar surface area (TPSA) is 73.4 Å². The van der Waals surface area contributed by atoms with Crippen LogP contribution in [0.15, 0.2) is 66.9 Å². The number of benzene rings is 2. The Labute approximate surface area is 190 Å². The van der Waals surface area contributed by atoms with Gasteiger partial charge in [0.1, 0.15) is 11.9 Å². The number of imidazole rings is 1. The van der Waals surface area contributed by atoms with E-state index in [1.165, 1.54) is 5.56 Å². The van der Waals surface area contributed by atoms with E-state index in [0.717, 1.165) is 17.1 Å². The number of ether oxygens (including phenoxy) is 1. The molecule has 0 unspecified atom stereocenters. The summed E-state index contributed by atoms with van der Waals surface area (Å²) in [6.07, 6.45) is 2.28. The minimum absolute atomic E-state index is 0.177. The van der Waals surface area contributed by atoms with Crippen LogP contribution in [0.25, 0.3) is 11.3 Å². The number of cyclic esters (lactones) is 1. The quantitative estimate of drug-likeness (QED) is 0.579. The van der Waals surface area contributed by atoms with Crippen LogP contribution in [-0.2, 0) is 11.3 Å². The van der Waals surface area contributed by atoms with Gasteiger partial charge in [0.15, 0.2) is 0 Å². The summed E-state index contributed by atoms with van der Waals surface area (Å²) in [4.78, 5) is 19.8. The van der Waals surface area contributed by atoms with Crippen molar-refractivity contribution >= 4 is 6.09 Å². The van der Waals surface area contributed by atoms with Crippen LogP contribution in [0.2, 0.25) is 0 Å². The van der Waals surface area contributed by atoms with Crippen LogP contribution in [0.5, 0.6) is 0 Å². The molecule has 3 aromatic rings. The minimum Gasteiger partial charge on any atom is -0.444 e. The lowest BCUT2D eigenvalue weighted by Gasteiger charge is -2.36. The summed E-state index contributed by atoms with van der Waals surface area (Å²) in [6, 6.07) is 20.2. The molecule has 1 saturated heterocycles. The summed E-state index contributed by atoms with van der Waals surface area (Å²) in [6.45, 7) is 8.13. The highest BCUT2D eigenvalue weighted by molar-refractivity contribution is 5.71. The Kier molecular flexibility index (Phi) is 6.33. The van der Waals surface area contributed by atoms with Gasteiger partial charge in [-0.1, -0.05) is 81.4 Å². The van der Waals surface area contributed by atoms with Gasteiger partial charge in [0, 0.05) is 18.3 Å². The predicted molar refractivity (Wildman–Crippen MR) is 126 cm³/mol. The van der Waals surface area contributed by atoms with E-state index in [4.69, 9.17) is 15.5 Å². The lowest BCUT2D eigenvalue weighted by atomic mass is 9.85. The predicted octanol–water partition coefficient (Wildman–Crippen LogP) is 4.86. The molecule has 1 fully saturated rings. The third-order valence-electron chi connectivity index (χ3n) is 5.84. The monoisotopic (exact) mass is 432 g/mol. The molecule has 0 saturated carbocycles. The van der Waals surface area contributed by atoms with Gasteiger partial charge in [0.05, 0.1) is 18.3 Å². The molecule has 32 heavy (non-hydrogen) atoms. The van der Waals surface area contributed by atoms with E-state index in [1.54, 1.807) is 0 Å². The van der Waals surface area contributed by atoms with Crippen molar-refractivity contribution in [3.05, 3.63) is 78.2 Å². The second-order valence-corrected chi connectivity index (χ2v) is 9.47. The number of hydrogen-bond acceptors (Lipinski definition) is 4. The average Bonchev–Trinajstić information content (AvgIpc) is 3.33. The first-order valence-corrected chi connectivity index (χ1v) is 11.2. The summed E-state index contributed by atoms with van der Waals surface area (Å²) in [7, 11) is 0. The maximum atomic E-state index is 12.9. The number of carbonyl (C=O) groups excluding carboxylic acids is 1. The zero-order valence-corrected chi connectivity index (χ0v) is 19.1. The molecule has 6 heteroatoms. The number of hydrogen-bond donors (Lipinski definition) is 1. The fourth-order valence-electron chi connectivity index (χ4n) is 4.39. The maximum absolute atomic E-state index is 12.9. The summed E-state index contributed by atoms with van der Waals surface area (Å²) >= 11 is 0. The highest BCUT2D eigenvalue weighted by Crippen LogP contribution is 2.41. The van der Waals surface area contributed by atoms with E-state index >= 15 is 0 Å². The van der Waals surface area contributed by atoms with Gasteiger partial charge in [-0.25, -0.2) is 9.78 Å². The second-order valence-electron chi connectivity index (χ2n) is 9.47. The first-order chi connectivity index (χ1) is 15.4. The molecule has 2 aromatic carbocycles. The van der Waals surface area contributed by atoms with Crippen molar-refractivity contribution in [1.82, 2.24) is 14.5 Å². The van der Waals surface area contributed by atoms with E-state index in [9.17, 15) is 4.79 Å². The lowest BCUT2D eigenvalue weighted by molar-refractivity contribution is 0.103. The molecule has 1 aliphatic heterocycles. The average molecular weight is 433 g/mol. The molecule has 4 rings (SSSR count). The van der Waals surface area contributed by atoms with Crippen LogP contribution < -0.4 is 5.73 Å². The summed E-state index contributed by atoms with van der Waals surface area (Å²) in [5.41, 5.74) is 8.62. The van der Waals surface area contributed by atoms with Crippen molar-refractivity contribution in [3.8, 4) is 11.3 Å². The Morgan fingerprint density at radius 1 is 1.09 bits per heavy atom. The van der Waals surface area contributed by atoms with Gasteiger partial charge >= 0.3 is 6.09 Å². The van der Waals surface area contributed by atoms with Gasteiger partial charge in [0.2, 0.25) is 0 Å². The van der Waals surface area contributed by atoms with E-state index in [-0.39, 0.29) is 23.7 Å². The zero-order valence-electron chi connectivity index (χ0n) is 19.1. The van der Waals surface area contributed by atoms with Crippen molar-refractivity contribution in [3.63, 3.8) is 0 Å². The Morgan fingerprint density at radius 2 is 1.75 bits per heavy atom. The van der Waals surface area contributed by atoms with Crippen molar-refractivity contribution in [1.29, 1.82) is 0 Å². The van der Waals surface area contributed by atoms with E-state index in [2.05, 4.69) is 55.8 Å². The molecule has 2 N–H and O–H groups in total. The minimum atomic E-state index is -0.293. The van der Waals surface area contributed by atoms with Crippen molar-refractivity contribution in [2.24, 2.45) is 11.1 Å². The number of amides is 1. The molecule has 2 heterocycles. The standard InChI is InChI=1S/C26H32N4O2/c1-26(2,3)23(30-17-21(14-15-27)32-25(30)31)24-28-22(20-12-8-5-9-13-20)18-29(24)16-19-10-6-4-7-11-19/h4-13,18,21,23H,14-17,27H2,1-3H3/t21-,23+/m1/s1. The third-order valence-corrected chi connectivity index (χ3v) is 5.84. The van der Waals surface area contributed by atoms with E-state index in [1.807, 2.05) is 41.3 Å². The number of nitrogens with zero attached hydrogens (tertiary/aromatic N) is 3. The Morgan fingerprint density at radius 3 is 2.38 bits per heavy atom. The fraction of sp³-hybridized carbons (Fsp3) is 0.385. The van der Waals surface area contributed by atoms with Crippen LogP contribution >= 0.6 is 0 Å². The molecule has 1 amide bonds. The first kappa shape index (κ1) is 22.1. The van der Waals surface area contributed by atoms with Crippen LogP contribution in [-0.4, -0.2) is 39.7 Å². The molecule has 168 valence electrons. The normalized spacial score (nSPS) is 17.4. The molecular weight excluding hydrogens is 400 g/mol. The number of carbonyl (C=O) groups is 1. The van der Waals surface area contributed by atoms with Gasteiger partial charge in [-0.15, -0.1) is 0 Å². The van der Waals surface area contributed by atoms with Crippen LogP contribution in [0.1, 0.15) is 44.6 Å². The Balaban J connectivity index is 1.79. The van der Waals surface area contributed by atoms with Crippen LogP contribution in [0, 0.1) is 5.41 Å². The molecule has 6 nitrogen and oxygen atoms in total. The third kappa shape index (κ3) is 4.70. The lowest BCUT2D eigenvalue weighted by Crippen LogP contribution is -2.39. The van der Waals surface area contributed by atoms with Gasteiger partial charge in [-0.05, 0) is 23.9 Å². The van der Waals surface area contributed by atoms with Crippen molar-refractivity contribution in [2.75, 3.05) is 13.1 Å². The summed E-state index contributed by atoms with van der Waals surface area (Å²) in [5, 5.41) is 0. The number of rotatable bonds is 7. The maximum Gasteiger partial charge on any atom is 0.410 e. The van der Waals surface area contributed by atoms with Crippen molar-refractivity contribution < 1.29 is 9.53 Å². The van der Waals surface area contributed by atoms with Gasteiger partial charge < -0.3 is 15.0 Å². The van der Waals surface area contributed by atoms with E-state index < -0.39 is 0 Å². The summed E-state index contributed by atoms with van der Waals surface area (Å²) < 4.78 is 7.81. The number of nitrogens with two attached hydrogens (primary N) is 1. The molecule has 1 aromatic heterocycles. The second kappa shape index (κ2) is 9.17. The van der Waals surface area contributed by atoms with Gasteiger partial charge in [-0.2, -0.15) is 0 Å². The highest BCUT2D eigenvalue weighted by atomic mass is 16.6. The molecule has 0 aliphatic carbocycles. The highest BCUT2D eigenvalue weighted by Gasteiger charge is 2.44.